The Morgan fingerprint density at radius 2 is 2.20 bits per heavy atom. The summed E-state index contributed by atoms with van der Waals surface area (Å²) in [5.41, 5.74) is 2.69. The van der Waals surface area contributed by atoms with Crippen LogP contribution >= 0.6 is 23.1 Å². The van der Waals surface area contributed by atoms with Crippen LogP contribution in [0, 0.1) is 0 Å². The van der Waals surface area contributed by atoms with E-state index in [0.29, 0.717) is 6.54 Å². The lowest BCUT2D eigenvalue weighted by Crippen LogP contribution is -2.30. The number of carbonyl (C=O) groups is 1. The maximum atomic E-state index is 12.0. The van der Waals surface area contributed by atoms with Crippen LogP contribution in [-0.4, -0.2) is 28.5 Å². The van der Waals surface area contributed by atoms with Gasteiger partial charge in [-0.2, -0.15) is 0 Å². The third-order valence-electron chi connectivity index (χ3n) is 2.61. The first-order valence-electron chi connectivity index (χ1n) is 6.02. The van der Waals surface area contributed by atoms with Gasteiger partial charge in [-0.1, -0.05) is 35.2 Å². The van der Waals surface area contributed by atoms with Crippen LogP contribution in [0.3, 0.4) is 0 Å². The first kappa shape index (κ1) is 14.8. The molecule has 1 aromatic carbocycles. The fraction of sp³-hybridized carbons (Fsp3) is 0.308. The van der Waals surface area contributed by atoms with Gasteiger partial charge in [0, 0.05) is 6.54 Å². The molecule has 0 saturated heterocycles. The third kappa shape index (κ3) is 4.21. The van der Waals surface area contributed by atoms with E-state index in [1.54, 1.807) is 12.6 Å². The van der Waals surface area contributed by atoms with Gasteiger partial charge in [-0.05, 0) is 24.6 Å². The molecular weight excluding hydrogens is 294 g/mol. The van der Waals surface area contributed by atoms with Crippen molar-refractivity contribution in [2.24, 2.45) is 0 Å². The molecule has 0 radical (unpaired) electrons. The Morgan fingerprint density at radius 3 is 2.80 bits per heavy atom. The number of carbonyl (C=O) groups excluding carboxylic acids is 1. The van der Waals surface area contributed by atoms with Gasteiger partial charge in [0.15, 0.2) is 4.34 Å². The van der Waals surface area contributed by atoms with E-state index in [2.05, 4.69) is 15.5 Å². The van der Waals surface area contributed by atoms with Crippen molar-refractivity contribution in [2.45, 2.75) is 23.1 Å². The molecule has 0 aliphatic rings. The Balaban J connectivity index is 1.81. The molecule has 1 atom stereocenters. The molecule has 0 aliphatic heterocycles. The second-order valence-corrected chi connectivity index (χ2v) is 6.45. The summed E-state index contributed by atoms with van der Waals surface area (Å²) in [7, 11) is 1.63. The van der Waals surface area contributed by atoms with Crippen molar-refractivity contribution >= 4 is 29.0 Å². The molecule has 0 bridgehead atoms. The van der Waals surface area contributed by atoms with Crippen molar-refractivity contribution < 1.29 is 9.53 Å². The molecule has 1 heterocycles. The SMILES string of the molecule is COc1ccc(CNC(=O)[C@H](C)Sc2nncs2)cc1. The van der Waals surface area contributed by atoms with Crippen molar-refractivity contribution in [3.8, 4) is 5.75 Å². The van der Waals surface area contributed by atoms with Crippen LogP contribution in [0.2, 0.25) is 0 Å². The summed E-state index contributed by atoms with van der Waals surface area (Å²) in [4.78, 5) is 12.0. The number of ether oxygens (including phenoxy) is 1. The highest BCUT2D eigenvalue weighted by Gasteiger charge is 2.15. The van der Waals surface area contributed by atoms with Gasteiger partial charge in [-0.3, -0.25) is 4.79 Å². The van der Waals surface area contributed by atoms with Crippen molar-refractivity contribution in [1.29, 1.82) is 0 Å². The van der Waals surface area contributed by atoms with Gasteiger partial charge >= 0.3 is 0 Å². The van der Waals surface area contributed by atoms with Crippen molar-refractivity contribution in [3.63, 3.8) is 0 Å². The van der Waals surface area contributed by atoms with E-state index >= 15 is 0 Å². The Kier molecular flexibility index (Phi) is 5.37. The zero-order chi connectivity index (χ0) is 14.4. The van der Waals surface area contributed by atoms with Crippen LogP contribution in [0.4, 0.5) is 0 Å². The van der Waals surface area contributed by atoms with Gasteiger partial charge in [0.2, 0.25) is 5.91 Å². The summed E-state index contributed by atoms with van der Waals surface area (Å²) in [6.45, 7) is 2.36. The largest absolute Gasteiger partial charge is 0.497 e. The number of amides is 1. The van der Waals surface area contributed by atoms with Crippen LogP contribution in [0.25, 0.3) is 0 Å². The van der Waals surface area contributed by atoms with E-state index in [-0.39, 0.29) is 11.2 Å². The predicted octanol–water partition coefficient (Wildman–Crippen LogP) is 2.34. The van der Waals surface area contributed by atoms with Gasteiger partial charge in [0.1, 0.15) is 11.3 Å². The Hall–Kier alpha value is -1.60. The second kappa shape index (κ2) is 7.25. The number of aromatic nitrogens is 2. The Bertz CT molecular complexity index is 543. The minimum Gasteiger partial charge on any atom is -0.497 e. The molecule has 1 N–H and O–H groups in total. The number of rotatable bonds is 6. The number of thioether (sulfide) groups is 1. The molecule has 1 aromatic heterocycles. The molecule has 5 nitrogen and oxygen atoms in total. The van der Waals surface area contributed by atoms with Crippen LogP contribution in [0.15, 0.2) is 34.1 Å². The molecule has 0 fully saturated rings. The lowest BCUT2D eigenvalue weighted by atomic mass is 10.2. The Labute approximate surface area is 125 Å². The maximum absolute atomic E-state index is 12.0. The van der Waals surface area contributed by atoms with Gasteiger partial charge in [-0.25, -0.2) is 0 Å². The molecule has 0 aliphatic carbocycles. The van der Waals surface area contributed by atoms with Crippen molar-refractivity contribution in [3.05, 3.63) is 35.3 Å². The highest BCUT2D eigenvalue weighted by atomic mass is 32.2. The fourth-order valence-electron chi connectivity index (χ4n) is 1.50. The van der Waals surface area contributed by atoms with Crippen LogP contribution < -0.4 is 10.1 Å². The molecule has 0 saturated carbocycles. The number of methoxy groups -OCH3 is 1. The van der Waals surface area contributed by atoms with E-state index in [4.69, 9.17) is 4.74 Å². The monoisotopic (exact) mass is 309 g/mol. The number of hydrogen-bond donors (Lipinski definition) is 1. The minimum atomic E-state index is -0.193. The zero-order valence-electron chi connectivity index (χ0n) is 11.2. The average molecular weight is 309 g/mol. The molecule has 106 valence electrons. The summed E-state index contributed by atoms with van der Waals surface area (Å²) in [5, 5.41) is 10.4. The Morgan fingerprint density at radius 1 is 1.45 bits per heavy atom. The van der Waals surface area contributed by atoms with Gasteiger partial charge in [0.25, 0.3) is 0 Å². The number of hydrogen-bond acceptors (Lipinski definition) is 6. The van der Waals surface area contributed by atoms with E-state index in [1.165, 1.54) is 23.1 Å². The third-order valence-corrected chi connectivity index (χ3v) is 4.52. The van der Waals surface area contributed by atoms with Gasteiger partial charge in [0.05, 0.1) is 12.4 Å². The fourth-order valence-corrected chi connectivity index (χ4v) is 3.15. The summed E-state index contributed by atoms with van der Waals surface area (Å²) in [6.07, 6.45) is 0. The lowest BCUT2D eigenvalue weighted by molar-refractivity contribution is -0.120. The standard InChI is InChI=1S/C13H15N3O2S2/c1-9(20-13-16-15-8-19-13)12(17)14-7-10-3-5-11(18-2)6-4-10/h3-6,8-9H,7H2,1-2H3,(H,14,17)/t9-/m0/s1. The average Bonchev–Trinajstić information content (AvgIpc) is 2.98. The number of nitrogens with one attached hydrogen (secondary N) is 1. The van der Waals surface area contributed by atoms with Crippen LogP contribution in [0.1, 0.15) is 12.5 Å². The highest BCUT2D eigenvalue weighted by Crippen LogP contribution is 2.24. The smallest absolute Gasteiger partial charge is 0.233 e. The first-order chi connectivity index (χ1) is 9.69. The highest BCUT2D eigenvalue weighted by molar-refractivity contribution is 8.02. The predicted molar refractivity (Wildman–Crippen MR) is 80.1 cm³/mol. The van der Waals surface area contributed by atoms with Crippen LogP contribution in [-0.2, 0) is 11.3 Å². The maximum Gasteiger partial charge on any atom is 0.233 e. The molecule has 0 spiro atoms. The summed E-state index contributed by atoms with van der Waals surface area (Å²) >= 11 is 2.85. The summed E-state index contributed by atoms with van der Waals surface area (Å²) in [5.74, 6) is 0.793. The van der Waals surface area contributed by atoms with E-state index in [1.807, 2.05) is 31.2 Å². The van der Waals surface area contributed by atoms with E-state index in [9.17, 15) is 4.79 Å². The van der Waals surface area contributed by atoms with E-state index < -0.39 is 0 Å². The number of nitrogens with zero attached hydrogens (tertiary/aromatic N) is 2. The topological polar surface area (TPSA) is 64.1 Å². The zero-order valence-corrected chi connectivity index (χ0v) is 12.8. The second-order valence-electron chi connectivity index (χ2n) is 4.03. The molecule has 1 amide bonds. The summed E-state index contributed by atoms with van der Waals surface area (Å²) < 4.78 is 5.89. The van der Waals surface area contributed by atoms with E-state index in [0.717, 1.165) is 15.7 Å². The molecule has 2 aromatic rings. The first-order valence-corrected chi connectivity index (χ1v) is 7.78. The van der Waals surface area contributed by atoms with Crippen molar-refractivity contribution in [2.75, 3.05) is 7.11 Å². The lowest BCUT2D eigenvalue weighted by Gasteiger charge is -2.10. The van der Waals surface area contributed by atoms with Gasteiger partial charge < -0.3 is 10.1 Å². The molecule has 0 unspecified atom stereocenters. The van der Waals surface area contributed by atoms with Crippen LogP contribution in [0.5, 0.6) is 5.75 Å². The normalized spacial score (nSPS) is 11.9. The van der Waals surface area contributed by atoms with Gasteiger partial charge in [-0.15, -0.1) is 10.2 Å². The molecular formula is C13H15N3O2S2. The molecule has 2 rings (SSSR count). The quantitative estimate of drug-likeness (QED) is 0.830. The number of benzene rings is 1. The van der Waals surface area contributed by atoms with Crippen molar-refractivity contribution in [1.82, 2.24) is 15.5 Å². The minimum absolute atomic E-state index is 0.0129. The summed E-state index contributed by atoms with van der Waals surface area (Å²) in [6, 6.07) is 7.62. The molecule has 7 heteroatoms. The molecule has 20 heavy (non-hydrogen) atoms.